The molecule has 1 aliphatic carbocycles. The molecule has 0 radical (unpaired) electrons. The summed E-state index contributed by atoms with van der Waals surface area (Å²) in [5.41, 5.74) is 5.63. The Hall–Kier alpha value is -1.36. The van der Waals surface area contributed by atoms with Crippen LogP contribution in [-0.4, -0.2) is 28.2 Å². The van der Waals surface area contributed by atoms with Crippen molar-refractivity contribution in [3.63, 3.8) is 0 Å². The lowest BCUT2D eigenvalue weighted by atomic mass is 9.97. The van der Waals surface area contributed by atoms with Crippen molar-refractivity contribution in [2.24, 2.45) is 5.73 Å². The molecule has 1 aliphatic rings. The summed E-state index contributed by atoms with van der Waals surface area (Å²) >= 11 is 0. The smallest absolute Gasteiger partial charge is 0.328 e. The third kappa shape index (κ3) is 10.6. The van der Waals surface area contributed by atoms with Crippen LogP contribution in [0.15, 0.2) is 12.2 Å². The van der Waals surface area contributed by atoms with Crippen molar-refractivity contribution in [2.45, 2.75) is 38.1 Å². The van der Waals surface area contributed by atoms with Crippen molar-refractivity contribution >= 4 is 11.9 Å². The summed E-state index contributed by atoms with van der Waals surface area (Å²) in [6, 6.07) is 0.536. The van der Waals surface area contributed by atoms with Crippen LogP contribution in [-0.2, 0) is 9.59 Å². The Morgan fingerprint density at radius 2 is 1.40 bits per heavy atom. The lowest BCUT2D eigenvalue weighted by molar-refractivity contribution is -0.134. The van der Waals surface area contributed by atoms with Gasteiger partial charge in [-0.1, -0.05) is 19.3 Å². The van der Waals surface area contributed by atoms with Crippen molar-refractivity contribution in [1.29, 1.82) is 0 Å². The van der Waals surface area contributed by atoms with E-state index in [9.17, 15) is 9.59 Å². The van der Waals surface area contributed by atoms with Gasteiger partial charge in [-0.25, -0.2) is 9.59 Å². The van der Waals surface area contributed by atoms with Gasteiger partial charge in [0.1, 0.15) is 0 Å². The van der Waals surface area contributed by atoms with Crippen LogP contribution >= 0.6 is 0 Å². The van der Waals surface area contributed by atoms with Crippen molar-refractivity contribution in [3.8, 4) is 0 Å². The second-order valence-electron chi connectivity index (χ2n) is 3.41. The number of hydrogen-bond donors (Lipinski definition) is 3. The zero-order valence-corrected chi connectivity index (χ0v) is 8.56. The van der Waals surface area contributed by atoms with Gasteiger partial charge < -0.3 is 15.9 Å². The summed E-state index contributed by atoms with van der Waals surface area (Å²) in [5.74, 6) is -2.51. The fraction of sp³-hybridized carbons (Fsp3) is 0.600. The molecule has 4 N–H and O–H groups in total. The zero-order valence-electron chi connectivity index (χ0n) is 8.56. The third-order valence-electron chi connectivity index (χ3n) is 2.02. The first-order valence-corrected chi connectivity index (χ1v) is 4.92. The summed E-state index contributed by atoms with van der Waals surface area (Å²) < 4.78 is 0. The highest BCUT2D eigenvalue weighted by Gasteiger charge is 2.06. The van der Waals surface area contributed by atoms with E-state index in [1.807, 2.05) is 0 Å². The lowest BCUT2D eigenvalue weighted by Crippen LogP contribution is -2.22. The highest BCUT2D eigenvalue weighted by molar-refractivity contribution is 5.89. The highest BCUT2D eigenvalue weighted by Crippen LogP contribution is 2.14. The summed E-state index contributed by atoms with van der Waals surface area (Å²) in [5, 5.41) is 15.6. The number of aliphatic carboxylic acids is 2. The second kappa shape index (κ2) is 7.99. The van der Waals surface area contributed by atoms with Gasteiger partial charge in [0.15, 0.2) is 0 Å². The number of nitrogens with two attached hydrogens (primary N) is 1. The topological polar surface area (TPSA) is 101 Å². The number of carboxylic acid groups (broad SMARTS) is 2. The quantitative estimate of drug-likeness (QED) is 0.596. The van der Waals surface area contributed by atoms with Crippen LogP contribution in [0.1, 0.15) is 32.1 Å². The summed E-state index contributed by atoms with van der Waals surface area (Å²) in [4.78, 5) is 19.1. The number of carbonyl (C=O) groups is 2. The van der Waals surface area contributed by atoms with Crippen molar-refractivity contribution in [2.75, 3.05) is 0 Å². The molecule has 0 heterocycles. The van der Waals surface area contributed by atoms with Gasteiger partial charge in [0, 0.05) is 18.2 Å². The van der Waals surface area contributed by atoms with E-state index in [0.717, 1.165) is 0 Å². The molecule has 86 valence electrons. The van der Waals surface area contributed by atoms with Crippen LogP contribution in [0.2, 0.25) is 0 Å². The molecule has 0 unspecified atom stereocenters. The Morgan fingerprint density at radius 3 is 1.60 bits per heavy atom. The van der Waals surface area contributed by atoms with Gasteiger partial charge in [-0.2, -0.15) is 0 Å². The summed E-state index contributed by atoms with van der Waals surface area (Å²) in [6.07, 6.45) is 7.78. The van der Waals surface area contributed by atoms with Gasteiger partial charge >= 0.3 is 11.9 Å². The van der Waals surface area contributed by atoms with Crippen molar-refractivity contribution < 1.29 is 19.8 Å². The molecule has 0 aliphatic heterocycles. The van der Waals surface area contributed by atoms with E-state index in [-0.39, 0.29) is 0 Å². The van der Waals surface area contributed by atoms with E-state index in [4.69, 9.17) is 15.9 Å². The van der Waals surface area contributed by atoms with E-state index >= 15 is 0 Å². The van der Waals surface area contributed by atoms with Gasteiger partial charge in [-0.15, -0.1) is 0 Å². The molecule has 0 aromatic rings. The predicted molar refractivity (Wildman–Crippen MR) is 55.5 cm³/mol. The molecule has 1 rings (SSSR count). The van der Waals surface area contributed by atoms with Crippen molar-refractivity contribution in [3.05, 3.63) is 12.2 Å². The van der Waals surface area contributed by atoms with Crippen LogP contribution < -0.4 is 5.73 Å². The first kappa shape index (κ1) is 13.6. The van der Waals surface area contributed by atoms with Gasteiger partial charge in [0.25, 0.3) is 0 Å². The molecule has 0 bridgehead atoms. The molecular weight excluding hydrogens is 198 g/mol. The average molecular weight is 215 g/mol. The molecule has 1 saturated carbocycles. The van der Waals surface area contributed by atoms with Gasteiger partial charge in [0.05, 0.1) is 0 Å². The van der Waals surface area contributed by atoms with Gasteiger partial charge in [-0.3, -0.25) is 0 Å². The number of hydrogen-bond acceptors (Lipinski definition) is 3. The Balaban J connectivity index is 0.000000262. The second-order valence-corrected chi connectivity index (χ2v) is 3.41. The molecule has 0 aromatic carbocycles. The average Bonchev–Trinajstić information content (AvgIpc) is 2.17. The molecule has 0 amide bonds. The van der Waals surface area contributed by atoms with Gasteiger partial charge in [-0.05, 0) is 12.8 Å². The summed E-state index contributed by atoms with van der Waals surface area (Å²) in [6.45, 7) is 0. The minimum absolute atomic E-state index is 0.536. The molecule has 5 nitrogen and oxygen atoms in total. The van der Waals surface area contributed by atoms with E-state index in [0.29, 0.717) is 18.2 Å². The highest BCUT2D eigenvalue weighted by atomic mass is 16.4. The SMILES string of the molecule is NC1CCCCC1.O=C(O)/C=C/C(=O)O. The van der Waals surface area contributed by atoms with E-state index in [1.54, 1.807) is 0 Å². The predicted octanol–water partition coefficient (Wildman–Crippen LogP) is 0.990. The molecular formula is C10H17NO4. The number of rotatable bonds is 2. The maximum atomic E-state index is 9.55. The maximum absolute atomic E-state index is 9.55. The first-order chi connectivity index (χ1) is 7.02. The molecule has 0 spiro atoms. The fourth-order valence-corrected chi connectivity index (χ4v) is 1.28. The molecule has 0 saturated heterocycles. The molecule has 5 heteroatoms. The lowest BCUT2D eigenvalue weighted by Gasteiger charge is -2.15. The fourth-order valence-electron chi connectivity index (χ4n) is 1.28. The number of carboxylic acids is 2. The van der Waals surface area contributed by atoms with Gasteiger partial charge in [0.2, 0.25) is 0 Å². The normalized spacial score (nSPS) is 16.9. The minimum Gasteiger partial charge on any atom is -0.478 e. The Labute approximate surface area is 88.6 Å². The standard InChI is InChI=1S/C6H13N.C4H4O4/c7-6-4-2-1-3-5-6;5-3(6)1-2-4(7)8/h6H,1-5,7H2;1-2H,(H,5,6)(H,7,8)/b;2-1+. The Bertz CT molecular complexity index is 216. The summed E-state index contributed by atoms with van der Waals surface area (Å²) in [7, 11) is 0. The minimum atomic E-state index is -1.26. The van der Waals surface area contributed by atoms with Crippen LogP contribution in [0.4, 0.5) is 0 Å². The Kier molecular flexibility index (Phi) is 7.27. The van der Waals surface area contributed by atoms with Crippen LogP contribution in [0.3, 0.4) is 0 Å². The first-order valence-electron chi connectivity index (χ1n) is 4.92. The largest absolute Gasteiger partial charge is 0.478 e. The molecule has 0 atom stereocenters. The van der Waals surface area contributed by atoms with Crippen molar-refractivity contribution in [1.82, 2.24) is 0 Å². The Morgan fingerprint density at radius 1 is 1.00 bits per heavy atom. The van der Waals surface area contributed by atoms with Crippen LogP contribution in [0.5, 0.6) is 0 Å². The zero-order chi connectivity index (χ0) is 11.7. The van der Waals surface area contributed by atoms with E-state index < -0.39 is 11.9 Å². The molecule has 0 aromatic heterocycles. The maximum Gasteiger partial charge on any atom is 0.328 e. The van der Waals surface area contributed by atoms with E-state index in [1.165, 1.54) is 32.1 Å². The monoisotopic (exact) mass is 215 g/mol. The molecule has 15 heavy (non-hydrogen) atoms. The third-order valence-corrected chi connectivity index (χ3v) is 2.02. The molecule has 1 fully saturated rings. The van der Waals surface area contributed by atoms with E-state index in [2.05, 4.69) is 0 Å². The van der Waals surface area contributed by atoms with Crippen LogP contribution in [0, 0.1) is 0 Å². The van der Waals surface area contributed by atoms with Crippen LogP contribution in [0.25, 0.3) is 0 Å².